The summed E-state index contributed by atoms with van der Waals surface area (Å²) in [4.78, 5) is 0. The van der Waals surface area contributed by atoms with Crippen LogP contribution in [0.4, 0.5) is 10.2 Å². The SMILES string of the molecule is Cc1ccc(F)c(-c2[nH]nc(N)c2CC(C)C)c1. The summed E-state index contributed by atoms with van der Waals surface area (Å²) in [6, 6.07) is 5.04. The van der Waals surface area contributed by atoms with E-state index in [9.17, 15) is 4.39 Å². The molecule has 0 unspecified atom stereocenters. The normalized spacial score (nSPS) is 11.2. The number of hydrogen-bond acceptors (Lipinski definition) is 2. The van der Waals surface area contributed by atoms with Crippen molar-refractivity contribution in [2.45, 2.75) is 27.2 Å². The summed E-state index contributed by atoms with van der Waals surface area (Å²) in [6.07, 6.45) is 0.783. The standard InChI is InChI=1S/C14H18FN3/c1-8(2)6-11-13(17-18-14(11)16)10-7-9(3)4-5-12(10)15/h4-5,7-8H,6H2,1-3H3,(H3,16,17,18). The van der Waals surface area contributed by atoms with E-state index in [1.807, 2.05) is 13.0 Å². The average Bonchev–Trinajstić information content (AvgIpc) is 2.64. The Labute approximate surface area is 106 Å². The molecule has 0 fully saturated rings. The molecule has 0 bridgehead atoms. The minimum atomic E-state index is -0.255. The lowest BCUT2D eigenvalue weighted by atomic mass is 9.98. The number of benzene rings is 1. The maximum absolute atomic E-state index is 13.9. The first kappa shape index (κ1) is 12.6. The zero-order chi connectivity index (χ0) is 13.3. The van der Waals surface area contributed by atoms with Crippen molar-refractivity contribution in [3.8, 4) is 11.3 Å². The molecule has 4 heteroatoms. The highest BCUT2D eigenvalue weighted by Gasteiger charge is 2.16. The molecule has 2 rings (SSSR count). The van der Waals surface area contributed by atoms with Crippen LogP contribution in [0, 0.1) is 18.7 Å². The predicted octanol–water partition coefficient (Wildman–Crippen LogP) is 3.30. The monoisotopic (exact) mass is 247 g/mol. The molecule has 96 valence electrons. The summed E-state index contributed by atoms with van der Waals surface area (Å²) in [5, 5.41) is 6.85. The first-order chi connectivity index (χ1) is 8.49. The lowest BCUT2D eigenvalue weighted by molar-refractivity contribution is 0.627. The van der Waals surface area contributed by atoms with Gasteiger partial charge < -0.3 is 5.73 Å². The number of nitrogens with zero attached hydrogens (tertiary/aromatic N) is 1. The van der Waals surface area contributed by atoms with E-state index >= 15 is 0 Å². The largest absolute Gasteiger partial charge is 0.382 e. The molecule has 0 spiro atoms. The molecule has 0 amide bonds. The Morgan fingerprint density at radius 2 is 2.11 bits per heavy atom. The molecule has 0 aliphatic rings. The van der Waals surface area contributed by atoms with Crippen molar-refractivity contribution in [1.82, 2.24) is 10.2 Å². The summed E-state index contributed by atoms with van der Waals surface area (Å²) >= 11 is 0. The van der Waals surface area contributed by atoms with Gasteiger partial charge in [-0.1, -0.05) is 25.5 Å². The Morgan fingerprint density at radius 3 is 2.78 bits per heavy atom. The third-order valence-corrected chi connectivity index (χ3v) is 2.90. The van der Waals surface area contributed by atoms with Gasteiger partial charge in [0.15, 0.2) is 0 Å². The van der Waals surface area contributed by atoms with Crippen molar-refractivity contribution >= 4 is 5.82 Å². The van der Waals surface area contributed by atoms with E-state index in [0.29, 0.717) is 23.0 Å². The Hall–Kier alpha value is -1.84. The number of halogens is 1. The van der Waals surface area contributed by atoms with Gasteiger partial charge in [0, 0.05) is 11.1 Å². The maximum atomic E-state index is 13.9. The maximum Gasteiger partial charge on any atom is 0.149 e. The van der Waals surface area contributed by atoms with Crippen LogP contribution in [-0.2, 0) is 6.42 Å². The highest BCUT2D eigenvalue weighted by Crippen LogP contribution is 2.29. The zero-order valence-electron chi connectivity index (χ0n) is 10.9. The van der Waals surface area contributed by atoms with E-state index < -0.39 is 0 Å². The third kappa shape index (κ3) is 2.37. The fourth-order valence-corrected chi connectivity index (χ4v) is 2.05. The minimum Gasteiger partial charge on any atom is -0.382 e. The van der Waals surface area contributed by atoms with E-state index in [1.165, 1.54) is 6.07 Å². The van der Waals surface area contributed by atoms with E-state index in [1.54, 1.807) is 6.07 Å². The molecule has 0 radical (unpaired) electrons. The van der Waals surface area contributed by atoms with Crippen LogP contribution in [0.1, 0.15) is 25.0 Å². The van der Waals surface area contributed by atoms with E-state index in [-0.39, 0.29) is 5.82 Å². The summed E-state index contributed by atoms with van der Waals surface area (Å²) in [7, 11) is 0. The lowest BCUT2D eigenvalue weighted by Gasteiger charge is -2.08. The van der Waals surface area contributed by atoms with Crippen molar-refractivity contribution in [2.24, 2.45) is 5.92 Å². The number of rotatable bonds is 3. The number of aromatic nitrogens is 2. The van der Waals surface area contributed by atoms with E-state index in [0.717, 1.165) is 17.5 Å². The molecule has 0 aliphatic heterocycles. The molecule has 1 heterocycles. The topological polar surface area (TPSA) is 54.7 Å². The van der Waals surface area contributed by atoms with Crippen molar-refractivity contribution in [3.05, 3.63) is 35.1 Å². The Morgan fingerprint density at radius 1 is 1.39 bits per heavy atom. The predicted molar refractivity (Wildman–Crippen MR) is 71.7 cm³/mol. The molecule has 1 aromatic carbocycles. The molecule has 3 nitrogen and oxygen atoms in total. The van der Waals surface area contributed by atoms with Crippen LogP contribution in [0.3, 0.4) is 0 Å². The number of nitrogens with one attached hydrogen (secondary N) is 1. The van der Waals surface area contributed by atoms with E-state index in [2.05, 4.69) is 24.0 Å². The average molecular weight is 247 g/mol. The molecule has 0 aliphatic carbocycles. The van der Waals surface area contributed by atoms with Gasteiger partial charge in [0.1, 0.15) is 11.6 Å². The second-order valence-corrected chi connectivity index (χ2v) is 5.04. The molecule has 2 aromatic rings. The molecule has 0 atom stereocenters. The fourth-order valence-electron chi connectivity index (χ4n) is 2.05. The van der Waals surface area contributed by atoms with Crippen molar-refractivity contribution in [2.75, 3.05) is 5.73 Å². The van der Waals surface area contributed by atoms with Gasteiger partial charge in [-0.2, -0.15) is 5.10 Å². The van der Waals surface area contributed by atoms with Gasteiger partial charge in [0.2, 0.25) is 0 Å². The first-order valence-electron chi connectivity index (χ1n) is 6.08. The second-order valence-electron chi connectivity index (χ2n) is 5.04. The van der Waals surface area contributed by atoms with Gasteiger partial charge >= 0.3 is 0 Å². The quantitative estimate of drug-likeness (QED) is 0.874. The van der Waals surface area contributed by atoms with Crippen LogP contribution < -0.4 is 5.73 Å². The number of nitrogens with two attached hydrogens (primary N) is 1. The number of nitrogen functional groups attached to an aromatic ring is 1. The van der Waals surface area contributed by atoms with Crippen molar-refractivity contribution in [3.63, 3.8) is 0 Å². The van der Waals surface area contributed by atoms with Gasteiger partial charge in [-0.25, -0.2) is 4.39 Å². The summed E-state index contributed by atoms with van der Waals surface area (Å²) < 4.78 is 13.9. The lowest BCUT2D eigenvalue weighted by Crippen LogP contribution is -1.99. The van der Waals surface area contributed by atoms with Crippen LogP contribution in [-0.4, -0.2) is 10.2 Å². The fraction of sp³-hybridized carbons (Fsp3) is 0.357. The Balaban J connectivity index is 2.53. The van der Waals surface area contributed by atoms with Crippen molar-refractivity contribution in [1.29, 1.82) is 0 Å². The molecule has 0 saturated heterocycles. The Bertz CT molecular complexity index is 558. The minimum absolute atomic E-state index is 0.255. The van der Waals surface area contributed by atoms with Crippen LogP contribution >= 0.6 is 0 Å². The zero-order valence-corrected chi connectivity index (χ0v) is 10.9. The number of aromatic amines is 1. The first-order valence-corrected chi connectivity index (χ1v) is 6.08. The molecular weight excluding hydrogens is 229 g/mol. The van der Waals surface area contributed by atoms with Gasteiger partial charge in [-0.15, -0.1) is 0 Å². The molecule has 1 aromatic heterocycles. The van der Waals surface area contributed by atoms with Gasteiger partial charge in [0.25, 0.3) is 0 Å². The molecule has 0 saturated carbocycles. The van der Waals surface area contributed by atoms with Crippen LogP contribution in [0.2, 0.25) is 0 Å². The number of aryl methyl sites for hydroxylation is 1. The number of hydrogen-bond donors (Lipinski definition) is 2. The van der Waals surface area contributed by atoms with Crippen LogP contribution in [0.5, 0.6) is 0 Å². The summed E-state index contributed by atoms with van der Waals surface area (Å²) in [5.74, 6) is 0.644. The van der Waals surface area contributed by atoms with Gasteiger partial charge in [0.05, 0.1) is 5.69 Å². The molecule has 18 heavy (non-hydrogen) atoms. The number of H-pyrrole nitrogens is 1. The van der Waals surface area contributed by atoms with Gasteiger partial charge in [-0.3, -0.25) is 5.10 Å². The smallest absolute Gasteiger partial charge is 0.149 e. The van der Waals surface area contributed by atoms with Crippen LogP contribution in [0.25, 0.3) is 11.3 Å². The third-order valence-electron chi connectivity index (χ3n) is 2.90. The van der Waals surface area contributed by atoms with Crippen LogP contribution in [0.15, 0.2) is 18.2 Å². The Kier molecular flexibility index (Phi) is 3.36. The highest BCUT2D eigenvalue weighted by atomic mass is 19.1. The second kappa shape index (κ2) is 4.80. The highest BCUT2D eigenvalue weighted by molar-refractivity contribution is 5.69. The molecule has 3 N–H and O–H groups in total. The van der Waals surface area contributed by atoms with Gasteiger partial charge in [-0.05, 0) is 31.4 Å². The summed E-state index contributed by atoms with van der Waals surface area (Å²) in [5.41, 5.74) is 8.99. The summed E-state index contributed by atoms with van der Waals surface area (Å²) in [6.45, 7) is 6.14. The number of anilines is 1. The van der Waals surface area contributed by atoms with E-state index in [4.69, 9.17) is 5.73 Å². The van der Waals surface area contributed by atoms with Crippen molar-refractivity contribution < 1.29 is 4.39 Å². The molecular formula is C14H18FN3.